The quantitative estimate of drug-likeness (QED) is 0.608. The molecule has 0 unspecified atom stereocenters. The topological polar surface area (TPSA) is 49.3 Å². The molecular weight excluding hydrogens is 154 g/mol. The Morgan fingerprint density at radius 2 is 2.42 bits per heavy atom. The summed E-state index contributed by atoms with van der Waals surface area (Å²) in [6, 6.07) is 0. The third-order valence-corrected chi connectivity index (χ3v) is 1.90. The van der Waals surface area contributed by atoms with Gasteiger partial charge in [-0.05, 0) is 26.2 Å². The van der Waals surface area contributed by atoms with Crippen LogP contribution in [0.25, 0.3) is 0 Å². The maximum absolute atomic E-state index is 11.1. The van der Waals surface area contributed by atoms with Crippen molar-refractivity contribution in [3.05, 3.63) is 11.6 Å². The number of aliphatic hydroxyl groups excluding tert-OH is 1. The molecule has 1 aliphatic carbocycles. The summed E-state index contributed by atoms with van der Waals surface area (Å²) in [5.41, 5.74) is 1.22. The average molecular weight is 169 g/mol. The third-order valence-electron chi connectivity index (χ3n) is 1.90. The first kappa shape index (κ1) is 9.26. The number of carbonyl (C=O) groups excluding carboxylic acids is 1. The van der Waals surface area contributed by atoms with Crippen LogP contribution in [0.3, 0.4) is 0 Å². The first-order chi connectivity index (χ1) is 5.68. The SMILES string of the molecule is C[C@H](O)CNC(=O)C=C1CCC1. The van der Waals surface area contributed by atoms with Crippen molar-refractivity contribution in [2.24, 2.45) is 0 Å². The molecule has 1 saturated carbocycles. The second kappa shape index (κ2) is 4.26. The molecule has 0 aromatic heterocycles. The third kappa shape index (κ3) is 3.05. The molecule has 1 atom stereocenters. The number of amides is 1. The summed E-state index contributed by atoms with van der Waals surface area (Å²) in [5, 5.41) is 11.5. The number of hydrogen-bond acceptors (Lipinski definition) is 2. The van der Waals surface area contributed by atoms with Gasteiger partial charge in [0, 0.05) is 12.6 Å². The van der Waals surface area contributed by atoms with Gasteiger partial charge in [0.15, 0.2) is 0 Å². The van der Waals surface area contributed by atoms with Gasteiger partial charge in [-0.3, -0.25) is 4.79 Å². The average Bonchev–Trinajstić information content (AvgIpc) is 1.93. The highest BCUT2D eigenvalue weighted by Gasteiger charge is 2.09. The molecule has 68 valence electrons. The van der Waals surface area contributed by atoms with Gasteiger partial charge in [0.2, 0.25) is 5.91 Å². The molecule has 0 spiro atoms. The summed E-state index contributed by atoms with van der Waals surface area (Å²) in [7, 11) is 0. The minimum atomic E-state index is -0.464. The largest absolute Gasteiger partial charge is 0.392 e. The standard InChI is InChI=1S/C9H15NO2/c1-7(11)6-10-9(12)5-8-3-2-4-8/h5,7,11H,2-4,6H2,1H3,(H,10,12)/t7-/m0/s1. The molecule has 3 heteroatoms. The maximum atomic E-state index is 11.1. The van der Waals surface area contributed by atoms with Crippen molar-refractivity contribution >= 4 is 5.91 Å². The minimum absolute atomic E-state index is 0.0781. The molecule has 2 N–H and O–H groups in total. The molecule has 3 nitrogen and oxygen atoms in total. The van der Waals surface area contributed by atoms with Crippen LogP contribution in [-0.4, -0.2) is 23.7 Å². The van der Waals surface area contributed by atoms with Gasteiger partial charge in [-0.15, -0.1) is 0 Å². The van der Waals surface area contributed by atoms with Crippen LogP contribution in [0, 0.1) is 0 Å². The highest BCUT2D eigenvalue weighted by atomic mass is 16.3. The molecule has 1 fully saturated rings. The van der Waals surface area contributed by atoms with Gasteiger partial charge in [0.25, 0.3) is 0 Å². The van der Waals surface area contributed by atoms with E-state index < -0.39 is 6.10 Å². The van der Waals surface area contributed by atoms with Crippen LogP contribution < -0.4 is 5.32 Å². The molecule has 0 aliphatic heterocycles. The lowest BCUT2D eigenvalue weighted by atomic mass is 9.92. The first-order valence-corrected chi connectivity index (χ1v) is 4.34. The van der Waals surface area contributed by atoms with Gasteiger partial charge >= 0.3 is 0 Å². The lowest BCUT2D eigenvalue weighted by molar-refractivity contribution is -0.117. The molecule has 0 aromatic carbocycles. The fourth-order valence-electron chi connectivity index (χ4n) is 1.01. The Morgan fingerprint density at radius 1 is 1.75 bits per heavy atom. The van der Waals surface area contributed by atoms with Crippen molar-refractivity contribution in [2.75, 3.05) is 6.54 Å². The number of carbonyl (C=O) groups is 1. The summed E-state index contributed by atoms with van der Waals surface area (Å²) in [6.45, 7) is 1.99. The molecule has 0 radical (unpaired) electrons. The highest BCUT2D eigenvalue weighted by Crippen LogP contribution is 2.24. The van der Waals surface area contributed by atoms with Crippen LogP contribution in [0.1, 0.15) is 26.2 Å². The zero-order valence-corrected chi connectivity index (χ0v) is 7.34. The molecule has 12 heavy (non-hydrogen) atoms. The number of rotatable bonds is 3. The maximum Gasteiger partial charge on any atom is 0.244 e. The van der Waals surface area contributed by atoms with Crippen molar-refractivity contribution < 1.29 is 9.90 Å². The van der Waals surface area contributed by atoms with E-state index in [1.54, 1.807) is 13.0 Å². The van der Waals surface area contributed by atoms with Crippen molar-refractivity contribution in [1.82, 2.24) is 5.32 Å². The molecule has 1 aliphatic rings. The van der Waals surface area contributed by atoms with Crippen LogP contribution >= 0.6 is 0 Å². The fourth-order valence-corrected chi connectivity index (χ4v) is 1.01. The van der Waals surface area contributed by atoms with E-state index in [9.17, 15) is 4.79 Å². The van der Waals surface area contributed by atoms with E-state index in [-0.39, 0.29) is 5.91 Å². The summed E-state index contributed by atoms with van der Waals surface area (Å²) in [4.78, 5) is 11.1. The second-order valence-electron chi connectivity index (χ2n) is 3.25. The van der Waals surface area contributed by atoms with Gasteiger partial charge in [-0.25, -0.2) is 0 Å². The normalized spacial score (nSPS) is 18.0. The number of hydrogen-bond donors (Lipinski definition) is 2. The second-order valence-corrected chi connectivity index (χ2v) is 3.25. The molecule has 1 amide bonds. The van der Waals surface area contributed by atoms with E-state index >= 15 is 0 Å². The molecule has 0 bridgehead atoms. The number of aliphatic hydroxyl groups is 1. The zero-order chi connectivity index (χ0) is 8.97. The number of nitrogens with one attached hydrogen (secondary N) is 1. The number of allylic oxidation sites excluding steroid dienone is 1. The Labute approximate surface area is 72.5 Å². The zero-order valence-electron chi connectivity index (χ0n) is 7.34. The van der Waals surface area contributed by atoms with Crippen molar-refractivity contribution in [2.45, 2.75) is 32.3 Å². The predicted molar refractivity (Wildman–Crippen MR) is 46.6 cm³/mol. The van der Waals surface area contributed by atoms with Crippen molar-refractivity contribution in [3.63, 3.8) is 0 Å². The van der Waals surface area contributed by atoms with Gasteiger partial charge in [0.1, 0.15) is 0 Å². The monoisotopic (exact) mass is 169 g/mol. The Hall–Kier alpha value is -0.830. The van der Waals surface area contributed by atoms with E-state index in [1.165, 1.54) is 12.0 Å². The molecule has 0 aromatic rings. The van der Waals surface area contributed by atoms with E-state index in [0.717, 1.165) is 12.8 Å². The van der Waals surface area contributed by atoms with Crippen molar-refractivity contribution in [3.8, 4) is 0 Å². The van der Waals surface area contributed by atoms with Crippen LogP contribution in [0.2, 0.25) is 0 Å². The van der Waals surface area contributed by atoms with Gasteiger partial charge in [-0.1, -0.05) is 5.57 Å². The fraction of sp³-hybridized carbons (Fsp3) is 0.667. The predicted octanol–water partition coefficient (Wildman–Crippen LogP) is 0.594. The molecule has 0 heterocycles. The molecular formula is C9H15NO2. The van der Waals surface area contributed by atoms with Crippen LogP contribution in [-0.2, 0) is 4.79 Å². The van der Waals surface area contributed by atoms with E-state index in [4.69, 9.17) is 5.11 Å². The lowest BCUT2D eigenvalue weighted by Crippen LogP contribution is -2.29. The molecule has 0 saturated heterocycles. The Bertz CT molecular complexity index is 191. The van der Waals surface area contributed by atoms with Crippen molar-refractivity contribution in [1.29, 1.82) is 0 Å². The lowest BCUT2D eigenvalue weighted by Gasteiger charge is -2.15. The summed E-state index contributed by atoms with van der Waals surface area (Å²) < 4.78 is 0. The van der Waals surface area contributed by atoms with E-state index in [0.29, 0.717) is 6.54 Å². The Kier molecular flexibility index (Phi) is 3.29. The summed E-state index contributed by atoms with van der Waals surface area (Å²) in [5.74, 6) is -0.0781. The van der Waals surface area contributed by atoms with E-state index in [1.807, 2.05) is 0 Å². The van der Waals surface area contributed by atoms with Crippen LogP contribution in [0.5, 0.6) is 0 Å². The summed E-state index contributed by atoms with van der Waals surface area (Å²) in [6.07, 6.45) is 4.50. The smallest absolute Gasteiger partial charge is 0.244 e. The molecule has 1 rings (SSSR count). The first-order valence-electron chi connectivity index (χ1n) is 4.34. The van der Waals surface area contributed by atoms with Crippen LogP contribution in [0.4, 0.5) is 0 Å². The van der Waals surface area contributed by atoms with E-state index in [2.05, 4.69) is 5.32 Å². The van der Waals surface area contributed by atoms with Gasteiger partial charge in [0.05, 0.1) is 6.10 Å². The Morgan fingerprint density at radius 3 is 2.83 bits per heavy atom. The van der Waals surface area contributed by atoms with Crippen LogP contribution in [0.15, 0.2) is 11.6 Å². The highest BCUT2D eigenvalue weighted by molar-refractivity contribution is 5.88. The minimum Gasteiger partial charge on any atom is -0.392 e. The van der Waals surface area contributed by atoms with Gasteiger partial charge in [-0.2, -0.15) is 0 Å². The Balaban J connectivity index is 2.19. The van der Waals surface area contributed by atoms with Gasteiger partial charge < -0.3 is 10.4 Å². The summed E-state index contributed by atoms with van der Waals surface area (Å²) >= 11 is 0.